The Morgan fingerprint density at radius 1 is 1.07 bits per heavy atom. The zero-order valence-electron chi connectivity index (χ0n) is 15.2. The van der Waals surface area contributed by atoms with Gasteiger partial charge in [0.25, 0.3) is 11.8 Å². The van der Waals surface area contributed by atoms with Crippen LogP contribution in [-0.2, 0) is 7.05 Å². The lowest BCUT2D eigenvalue weighted by atomic mass is 10.1. The normalized spacial score (nSPS) is 15.4. The van der Waals surface area contributed by atoms with Gasteiger partial charge in [-0.2, -0.15) is 5.26 Å². The highest BCUT2D eigenvalue weighted by atomic mass is 16.3. The van der Waals surface area contributed by atoms with Crippen LogP contribution in [0, 0.1) is 11.3 Å². The van der Waals surface area contributed by atoms with Crippen LogP contribution in [0.1, 0.15) is 33.5 Å². The molecule has 1 N–H and O–H groups in total. The molecule has 2 aromatic carbocycles. The number of imide groups is 1. The number of amides is 2. The molecule has 7 heteroatoms. The number of aliphatic hydroxyl groups is 1. The summed E-state index contributed by atoms with van der Waals surface area (Å²) in [6, 6.07) is 14.8. The summed E-state index contributed by atoms with van der Waals surface area (Å²) in [7, 11) is 1.74. The zero-order valence-corrected chi connectivity index (χ0v) is 15.2. The number of fused-ring (bicyclic) bond motifs is 2. The van der Waals surface area contributed by atoms with Crippen LogP contribution in [0.15, 0.2) is 54.3 Å². The fraction of sp³-hybridized carbons (Fsp3) is 0.143. The maximum absolute atomic E-state index is 12.7. The first-order chi connectivity index (χ1) is 13.5. The number of nitrogens with zero attached hydrogens (tertiary/aromatic N) is 4. The first-order valence-electron chi connectivity index (χ1n) is 8.67. The van der Waals surface area contributed by atoms with Crippen LogP contribution in [0.3, 0.4) is 0 Å². The number of aliphatic hydroxyl groups excluding tert-OH is 1. The number of carbonyl (C=O) groups is 2. The molecule has 1 atom stereocenters. The number of aromatic nitrogens is 2. The van der Waals surface area contributed by atoms with Gasteiger partial charge in [0.2, 0.25) is 0 Å². The van der Waals surface area contributed by atoms with Crippen LogP contribution in [0.4, 0.5) is 0 Å². The molecule has 0 fully saturated rings. The second-order valence-electron chi connectivity index (χ2n) is 6.56. The van der Waals surface area contributed by atoms with Crippen LogP contribution in [0.5, 0.6) is 0 Å². The van der Waals surface area contributed by atoms with E-state index < -0.39 is 17.9 Å². The molecule has 0 saturated heterocycles. The van der Waals surface area contributed by atoms with Crippen LogP contribution in [0.25, 0.3) is 16.6 Å². The van der Waals surface area contributed by atoms with E-state index in [1.54, 1.807) is 41.9 Å². The summed E-state index contributed by atoms with van der Waals surface area (Å²) in [5.41, 5.74) is 1.96. The van der Waals surface area contributed by atoms with Crippen LogP contribution in [-0.4, -0.2) is 37.4 Å². The molecule has 0 bridgehead atoms. The number of hydrogen-bond donors (Lipinski definition) is 1. The Morgan fingerprint density at radius 2 is 1.64 bits per heavy atom. The second kappa shape index (κ2) is 6.35. The first kappa shape index (κ1) is 17.5. The zero-order chi connectivity index (χ0) is 20.0. The minimum absolute atomic E-state index is 0.0808. The largest absolute Gasteiger partial charge is 0.509 e. The highest BCUT2D eigenvalue weighted by molar-refractivity contribution is 6.21. The van der Waals surface area contributed by atoms with Gasteiger partial charge < -0.3 is 9.67 Å². The molecule has 28 heavy (non-hydrogen) atoms. The smallest absolute Gasteiger partial charge is 0.262 e. The van der Waals surface area contributed by atoms with Crippen LogP contribution < -0.4 is 0 Å². The van der Waals surface area contributed by atoms with Crippen molar-refractivity contribution in [2.75, 3.05) is 0 Å². The van der Waals surface area contributed by atoms with Gasteiger partial charge in [-0.15, -0.1) is 0 Å². The maximum atomic E-state index is 12.7. The SMILES string of the molecule is C[C@H](/C(O)=C(\C#N)c1nc2ccccc2n1C)N1C(=O)c2ccccc2C1=O. The van der Waals surface area contributed by atoms with Gasteiger partial charge in [-0.1, -0.05) is 24.3 Å². The van der Waals surface area contributed by atoms with Gasteiger partial charge in [0.1, 0.15) is 17.4 Å². The average molecular weight is 372 g/mol. The van der Waals surface area contributed by atoms with E-state index in [9.17, 15) is 20.0 Å². The number of aryl methyl sites for hydroxylation is 1. The minimum atomic E-state index is -1.01. The molecule has 4 rings (SSSR count). The third kappa shape index (κ3) is 2.39. The number of carbonyl (C=O) groups excluding carboxylic acids is 2. The van der Waals surface area contributed by atoms with E-state index in [0.29, 0.717) is 5.52 Å². The van der Waals surface area contributed by atoms with Gasteiger partial charge in [-0.3, -0.25) is 14.5 Å². The van der Waals surface area contributed by atoms with Crippen molar-refractivity contribution in [1.29, 1.82) is 5.26 Å². The summed E-state index contributed by atoms with van der Waals surface area (Å²) in [4.78, 5) is 30.7. The van der Waals surface area contributed by atoms with E-state index in [4.69, 9.17) is 0 Å². The summed E-state index contributed by atoms with van der Waals surface area (Å²) in [6.45, 7) is 1.51. The highest BCUT2D eigenvalue weighted by Gasteiger charge is 2.40. The molecular weight excluding hydrogens is 356 g/mol. The van der Waals surface area contributed by atoms with Crippen molar-refractivity contribution < 1.29 is 14.7 Å². The summed E-state index contributed by atoms with van der Waals surface area (Å²) in [5.74, 6) is -1.11. The van der Waals surface area contributed by atoms with Crippen LogP contribution >= 0.6 is 0 Å². The Balaban J connectivity index is 1.80. The predicted octanol–water partition coefficient (Wildman–Crippen LogP) is 3.05. The molecule has 7 nitrogen and oxygen atoms in total. The Labute approximate surface area is 160 Å². The molecule has 2 heterocycles. The van der Waals surface area contributed by atoms with Gasteiger partial charge in [0.05, 0.1) is 28.2 Å². The molecule has 2 amide bonds. The van der Waals surface area contributed by atoms with Gasteiger partial charge in [-0.25, -0.2) is 4.98 Å². The molecule has 1 aliphatic rings. The van der Waals surface area contributed by atoms with Crippen molar-refractivity contribution >= 4 is 28.4 Å². The Bertz CT molecular complexity index is 1180. The molecule has 3 aromatic rings. The summed E-state index contributed by atoms with van der Waals surface area (Å²) in [6.07, 6.45) is 0. The molecular formula is C21H16N4O3. The van der Waals surface area contributed by atoms with Gasteiger partial charge in [-0.05, 0) is 31.2 Å². The van der Waals surface area contributed by atoms with E-state index in [1.807, 2.05) is 24.3 Å². The number of hydrogen-bond acceptors (Lipinski definition) is 5. The number of imidazole rings is 1. The fourth-order valence-electron chi connectivity index (χ4n) is 3.48. The number of nitriles is 1. The molecule has 1 aliphatic heterocycles. The first-order valence-corrected chi connectivity index (χ1v) is 8.67. The van der Waals surface area contributed by atoms with Crippen LogP contribution in [0.2, 0.25) is 0 Å². The maximum Gasteiger partial charge on any atom is 0.262 e. The van der Waals surface area contributed by atoms with Gasteiger partial charge in [0, 0.05) is 7.05 Å². The van der Waals surface area contributed by atoms with E-state index in [2.05, 4.69) is 4.98 Å². The van der Waals surface area contributed by atoms with E-state index >= 15 is 0 Å². The third-order valence-corrected chi connectivity index (χ3v) is 4.99. The number of rotatable bonds is 3. The van der Waals surface area contributed by atoms with E-state index in [-0.39, 0.29) is 28.3 Å². The predicted molar refractivity (Wildman–Crippen MR) is 102 cm³/mol. The monoisotopic (exact) mass is 372 g/mol. The van der Waals surface area contributed by atoms with E-state index in [0.717, 1.165) is 10.4 Å². The molecule has 138 valence electrons. The Kier molecular flexibility index (Phi) is 3.97. The molecule has 0 radical (unpaired) electrons. The lowest BCUT2D eigenvalue weighted by Gasteiger charge is -2.22. The Hall–Kier alpha value is -3.92. The van der Waals surface area contributed by atoms with E-state index in [1.165, 1.54) is 6.92 Å². The summed E-state index contributed by atoms with van der Waals surface area (Å²) < 4.78 is 1.69. The third-order valence-electron chi connectivity index (χ3n) is 4.99. The molecule has 0 spiro atoms. The quantitative estimate of drug-likeness (QED) is 0.433. The fourth-order valence-corrected chi connectivity index (χ4v) is 3.48. The van der Waals surface area contributed by atoms with Crippen molar-refractivity contribution in [2.24, 2.45) is 7.05 Å². The van der Waals surface area contributed by atoms with Crippen molar-refractivity contribution in [3.05, 3.63) is 71.2 Å². The van der Waals surface area contributed by atoms with Gasteiger partial charge >= 0.3 is 0 Å². The second-order valence-corrected chi connectivity index (χ2v) is 6.56. The number of benzene rings is 2. The standard InChI is InChI=1S/C21H16N4O3/c1-12(25-20(27)13-7-3-4-8-14(13)21(25)28)18(26)15(11-22)19-23-16-9-5-6-10-17(16)24(19)2/h3-10,12,26H,1-2H3/b18-15-/t12-/m1/s1. The average Bonchev–Trinajstić information content (AvgIpc) is 3.17. The molecule has 0 aliphatic carbocycles. The molecule has 0 unspecified atom stereocenters. The van der Waals surface area contributed by atoms with Gasteiger partial charge in [0.15, 0.2) is 5.82 Å². The lowest BCUT2D eigenvalue weighted by molar-refractivity contribution is 0.0590. The number of para-hydroxylation sites is 2. The molecule has 1 aromatic heterocycles. The van der Waals surface area contributed by atoms with Crippen molar-refractivity contribution in [2.45, 2.75) is 13.0 Å². The lowest BCUT2D eigenvalue weighted by Crippen LogP contribution is -2.39. The molecule has 0 saturated carbocycles. The summed E-state index contributed by atoms with van der Waals surface area (Å²) >= 11 is 0. The van der Waals surface area contributed by atoms with Crippen molar-refractivity contribution in [3.63, 3.8) is 0 Å². The van der Waals surface area contributed by atoms with Crippen molar-refractivity contribution in [1.82, 2.24) is 14.5 Å². The number of allylic oxidation sites excluding steroid dienone is 1. The topological polar surface area (TPSA) is 99.2 Å². The summed E-state index contributed by atoms with van der Waals surface area (Å²) in [5, 5.41) is 20.5. The highest BCUT2D eigenvalue weighted by Crippen LogP contribution is 2.29. The van der Waals surface area contributed by atoms with Crippen molar-refractivity contribution in [3.8, 4) is 6.07 Å². The minimum Gasteiger partial charge on any atom is -0.509 e. The Morgan fingerprint density at radius 3 is 2.21 bits per heavy atom.